The largest absolute Gasteiger partial charge is 0.352 e. The van der Waals surface area contributed by atoms with Gasteiger partial charge in [0.1, 0.15) is 0 Å². The third-order valence-electron chi connectivity index (χ3n) is 4.93. The molecule has 0 saturated carbocycles. The van der Waals surface area contributed by atoms with Gasteiger partial charge in [-0.1, -0.05) is 13.8 Å². The van der Waals surface area contributed by atoms with Crippen LogP contribution in [0, 0.1) is 5.92 Å². The Morgan fingerprint density at radius 2 is 1.93 bits per heavy atom. The van der Waals surface area contributed by atoms with Crippen LogP contribution in [0.5, 0.6) is 0 Å². The fraction of sp³-hybridized carbons (Fsp3) is 0.842. The van der Waals surface area contributed by atoms with E-state index in [2.05, 4.69) is 10.6 Å². The lowest BCUT2D eigenvalue weighted by atomic mass is 10.1. The van der Waals surface area contributed by atoms with Gasteiger partial charge in [-0.05, 0) is 40.2 Å². The Kier molecular flexibility index (Phi) is 9.73. The molecule has 1 aliphatic heterocycles. The van der Waals surface area contributed by atoms with Gasteiger partial charge in [0, 0.05) is 44.7 Å². The van der Waals surface area contributed by atoms with E-state index in [1.807, 2.05) is 39.6 Å². The van der Waals surface area contributed by atoms with Crippen molar-refractivity contribution in [1.82, 2.24) is 25.6 Å². The van der Waals surface area contributed by atoms with Crippen molar-refractivity contribution in [3.8, 4) is 0 Å². The summed E-state index contributed by atoms with van der Waals surface area (Å²) in [7, 11) is 1.75. The van der Waals surface area contributed by atoms with Gasteiger partial charge in [0.25, 0.3) is 0 Å². The second-order valence-electron chi connectivity index (χ2n) is 7.94. The summed E-state index contributed by atoms with van der Waals surface area (Å²) < 4.78 is 0. The molecule has 27 heavy (non-hydrogen) atoms. The monoisotopic (exact) mass is 383 g/mol. The number of likely N-dealkylation sites (N-methyl/N-ethyl adjacent to an activating group) is 1. The van der Waals surface area contributed by atoms with E-state index in [9.17, 15) is 14.4 Å². The molecule has 0 aromatic heterocycles. The molecule has 0 aliphatic carbocycles. The summed E-state index contributed by atoms with van der Waals surface area (Å²) in [6.07, 6.45) is 2.27. The second kappa shape index (κ2) is 11.2. The van der Waals surface area contributed by atoms with Crippen LogP contribution in [0.2, 0.25) is 0 Å². The minimum Gasteiger partial charge on any atom is -0.352 e. The molecule has 0 spiro atoms. The molecule has 1 heterocycles. The zero-order valence-electron chi connectivity index (χ0n) is 17.7. The number of rotatable bonds is 11. The molecule has 1 rings (SSSR count). The standard InChI is InChI=1S/C19H37N5O3/c1-14(2)11-18(26)21-15(3)12-22(19(27)17(5)20-6)9-10-23-8-7-16(4)24(23)13-25/h13-17,20H,7-12H2,1-6H3,(H,21,26). The number of carbonyl (C=O) groups is 3. The SMILES string of the molecule is CNC(C)C(=O)N(CCN1CCC(C)N1C=O)CC(C)NC(=O)CC(C)C. The van der Waals surface area contributed by atoms with Crippen molar-refractivity contribution < 1.29 is 14.4 Å². The van der Waals surface area contributed by atoms with Crippen LogP contribution in [-0.2, 0) is 14.4 Å². The number of nitrogens with zero attached hydrogens (tertiary/aromatic N) is 3. The molecule has 1 fully saturated rings. The van der Waals surface area contributed by atoms with Crippen LogP contribution in [0.15, 0.2) is 0 Å². The summed E-state index contributed by atoms with van der Waals surface area (Å²) in [5.74, 6) is 0.296. The third kappa shape index (κ3) is 7.46. The first-order chi connectivity index (χ1) is 12.7. The van der Waals surface area contributed by atoms with Crippen molar-refractivity contribution in [2.75, 3.05) is 33.2 Å². The smallest absolute Gasteiger partial charge is 0.239 e. The molecule has 156 valence electrons. The molecule has 0 bridgehead atoms. The number of nitrogens with one attached hydrogen (secondary N) is 2. The third-order valence-corrected chi connectivity index (χ3v) is 4.93. The van der Waals surface area contributed by atoms with E-state index in [-0.39, 0.29) is 29.9 Å². The maximum atomic E-state index is 12.7. The number of carbonyl (C=O) groups excluding carboxylic acids is 3. The van der Waals surface area contributed by atoms with Gasteiger partial charge in [-0.25, -0.2) is 5.01 Å². The predicted octanol–water partition coefficient (Wildman–Crippen LogP) is 0.441. The van der Waals surface area contributed by atoms with Crippen LogP contribution in [0.1, 0.15) is 47.5 Å². The molecule has 8 heteroatoms. The average Bonchev–Trinajstić information content (AvgIpc) is 2.95. The van der Waals surface area contributed by atoms with Crippen LogP contribution in [-0.4, -0.2) is 84.5 Å². The summed E-state index contributed by atoms with van der Waals surface area (Å²) >= 11 is 0. The Bertz CT molecular complexity index is 500. The Morgan fingerprint density at radius 1 is 1.26 bits per heavy atom. The van der Waals surface area contributed by atoms with Gasteiger partial charge in [-0.3, -0.25) is 19.4 Å². The average molecular weight is 384 g/mol. The lowest BCUT2D eigenvalue weighted by molar-refractivity contribution is -0.137. The van der Waals surface area contributed by atoms with Crippen molar-refractivity contribution >= 4 is 18.2 Å². The highest BCUT2D eigenvalue weighted by Crippen LogP contribution is 2.15. The first kappa shape index (κ1) is 23.4. The Morgan fingerprint density at radius 3 is 2.48 bits per heavy atom. The summed E-state index contributed by atoms with van der Waals surface area (Å²) in [6, 6.07) is -0.246. The highest BCUT2D eigenvalue weighted by molar-refractivity contribution is 5.81. The van der Waals surface area contributed by atoms with E-state index in [0.717, 1.165) is 19.4 Å². The number of hydrazine groups is 1. The van der Waals surface area contributed by atoms with E-state index in [1.165, 1.54) is 0 Å². The molecule has 3 atom stereocenters. The molecule has 8 nitrogen and oxygen atoms in total. The fourth-order valence-electron chi connectivity index (χ4n) is 3.27. The van der Waals surface area contributed by atoms with Gasteiger partial charge in [0.15, 0.2) is 0 Å². The fourth-order valence-corrected chi connectivity index (χ4v) is 3.27. The molecular formula is C19H37N5O3. The Balaban J connectivity index is 2.68. The molecule has 3 amide bonds. The first-order valence-electron chi connectivity index (χ1n) is 9.93. The van der Waals surface area contributed by atoms with Crippen molar-refractivity contribution in [1.29, 1.82) is 0 Å². The summed E-state index contributed by atoms with van der Waals surface area (Å²) in [4.78, 5) is 37.8. The predicted molar refractivity (Wildman–Crippen MR) is 106 cm³/mol. The normalized spacial score (nSPS) is 19.8. The van der Waals surface area contributed by atoms with Crippen LogP contribution < -0.4 is 10.6 Å². The van der Waals surface area contributed by atoms with Crippen LogP contribution >= 0.6 is 0 Å². The van der Waals surface area contributed by atoms with E-state index >= 15 is 0 Å². The van der Waals surface area contributed by atoms with Gasteiger partial charge >= 0.3 is 0 Å². The van der Waals surface area contributed by atoms with Crippen molar-refractivity contribution in [3.05, 3.63) is 0 Å². The van der Waals surface area contributed by atoms with Gasteiger partial charge in [0.2, 0.25) is 18.2 Å². The highest BCUT2D eigenvalue weighted by Gasteiger charge is 2.29. The topological polar surface area (TPSA) is 85.0 Å². The molecule has 1 aliphatic rings. The van der Waals surface area contributed by atoms with Crippen molar-refractivity contribution in [2.24, 2.45) is 5.92 Å². The zero-order valence-corrected chi connectivity index (χ0v) is 17.7. The van der Waals surface area contributed by atoms with Gasteiger partial charge in [-0.2, -0.15) is 0 Å². The number of hydrogen-bond acceptors (Lipinski definition) is 5. The van der Waals surface area contributed by atoms with Gasteiger partial charge in [-0.15, -0.1) is 0 Å². The zero-order chi connectivity index (χ0) is 20.6. The molecule has 3 unspecified atom stereocenters. The second-order valence-corrected chi connectivity index (χ2v) is 7.94. The molecule has 0 radical (unpaired) electrons. The number of hydrogen-bond donors (Lipinski definition) is 2. The van der Waals surface area contributed by atoms with Gasteiger partial charge < -0.3 is 15.5 Å². The van der Waals surface area contributed by atoms with Crippen LogP contribution in [0.25, 0.3) is 0 Å². The first-order valence-corrected chi connectivity index (χ1v) is 9.93. The quantitative estimate of drug-likeness (QED) is 0.506. The highest BCUT2D eigenvalue weighted by atomic mass is 16.2. The summed E-state index contributed by atoms with van der Waals surface area (Å²) in [5.41, 5.74) is 0. The molecular weight excluding hydrogens is 346 g/mol. The van der Waals surface area contributed by atoms with Crippen LogP contribution in [0.3, 0.4) is 0 Å². The maximum Gasteiger partial charge on any atom is 0.239 e. The lowest BCUT2D eigenvalue weighted by Crippen LogP contribution is -2.52. The summed E-state index contributed by atoms with van der Waals surface area (Å²) in [5, 5.41) is 9.65. The van der Waals surface area contributed by atoms with Crippen molar-refractivity contribution in [3.63, 3.8) is 0 Å². The van der Waals surface area contributed by atoms with E-state index < -0.39 is 0 Å². The van der Waals surface area contributed by atoms with Gasteiger partial charge in [0.05, 0.1) is 6.04 Å². The lowest BCUT2D eigenvalue weighted by Gasteiger charge is -2.32. The van der Waals surface area contributed by atoms with Crippen LogP contribution in [0.4, 0.5) is 0 Å². The Labute approximate surface area is 163 Å². The van der Waals surface area contributed by atoms with E-state index in [4.69, 9.17) is 0 Å². The van der Waals surface area contributed by atoms with Crippen molar-refractivity contribution in [2.45, 2.75) is 65.6 Å². The summed E-state index contributed by atoms with van der Waals surface area (Å²) in [6.45, 7) is 12.1. The number of amides is 3. The van der Waals surface area contributed by atoms with E-state index in [0.29, 0.717) is 32.0 Å². The minimum atomic E-state index is -0.303. The maximum absolute atomic E-state index is 12.7. The van der Waals surface area contributed by atoms with E-state index in [1.54, 1.807) is 17.0 Å². The molecule has 1 saturated heterocycles. The minimum absolute atomic E-state index is 0.00654. The molecule has 0 aromatic carbocycles. The molecule has 2 N–H and O–H groups in total. The Hall–Kier alpha value is -1.67. The molecule has 0 aromatic rings.